The van der Waals surface area contributed by atoms with Crippen LogP contribution in [0.1, 0.15) is 28.0 Å². The molecule has 12 heteroatoms. The third-order valence-electron chi connectivity index (χ3n) is 6.17. The molecular weight excluding hydrogens is 481 g/mol. The number of nitrogens with zero attached hydrogens (tertiary/aromatic N) is 5. The van der Waals surface area contributed by atoms with Crippen LogP contribution in [-0.2, 0) is 19.5 Å². The summed E-state index contributed by atoms with van der Waals surface area (Å²) in [5.41, 5.74) is 3.93. The second-order valence-electron chi connectivity index (χ2n) is 8.49. The third kappa shape index (κ3) is 4.62. The molecule has 2 aromatic heterocycles. The topological polar surface area (TPSA) is 82.9 Å². The number of fused-ring (bicyclic) bond motifs is 4. The number of carbonyl (C=O) groups is 1. The zero-order valence-electron chi connectivity index (χ0n) is 19.1. The number of ether oxygens (including phenoxy) is 1. The van der Waals surface area contributed by atoms with Crippen molar-refractivity contribution in [3.63, 3.8) is 0 Å². The fourth-order valence-electron chi connectivity index (χ4n) is 4.35. The predicted octanol–water partition coefficient (Wildman–Crippen LogP) is 4.74. The van der Waals surface area contributed by atoms with Crippen LogP contribution in [0.4, 0.5) is 29.5 Å². The molecule has 184 valence electrons. The summed E-state index contributed by atoms with van der Waals surface area (Å²) >= 11 is 1.47. The Labute approximate surface area is 203 Å². The van der Waals surface area contributed by atoms with Gasteiger partial charge in [0.05, 0.1) is 37.7 Å². The molecule has 0 atom stereocenters. The molecule has 3 aromatic rings. The van der Waals surface area contributed by atoms with Crippen molar-refractivity contribution in [2.45, 2.75) is 32.1 Å². The molecular formula is C23H23F3N6O2S. The number of methoxy groups -OCH3 is 1. The SMILES string of the molecule is COc1cc2c(cc1Nc1ncnc3sc4c(c13)CCN(C(=O)N(C)CCC(F)(F)F)C4)C=NC2. The molecule has 8 nitrogen and oxygen atoms in total. The minimum atomic E-state index is -4.30. The van der Waals surface area contributed by atoms with Gasteiger partial charge in [0.25, 0.3) is 0 Å². The Morgan fingerprint density at radius 3 is 2.91 bits per heavy atom. The molecule has 0 radical (unpaired) electrons. The molecule has 0 spiro atoms. The number of nitrogens with one attached hydrogen (secondary N) is 1. The van der Waals surface area contributed by atoms with Crippen LogP contribution in [-0.4, -0.2) is 65.4 Å². The lowest BCUT2D eigenvalue weighted by atomic mass is 10.0. The highest BCUT2D eigenvalue weighted by Gasteiger charge is 2.31. The number of thiophene rings is 1. The quantitative estimate of drug-likeness (QED) is 0.543. The van der Waals surface area contributed by atoms with Gasteiger partial charge >= 0.3 is 12.2 Å². The first kappa shape index (κ1) is 23.3. The summed E-state index contributed by atoms with van der Waals surface area (Å²) in [6, 6.07) is 3.53. The summed E-state index contributed by atoms with van der Waals surface area (Å²) in [5.74, 6) is 1.33. The van der Waals surface area contributed by atoms with Gasteiger partial charge in [-0.05, 0) is 35.2 Å². The van der Waals surface area contributed by atoms with E-state index in [1.807, 2.05) is 18.3 Å². The van der Waals surface area contributed by atoms with E-state index in [2.05, 4.69) is 20.3 Å². The summed E-state index contributed by atoms with van der Waals surface area (Å²) in [6.07, 6.45) is -1.45. The van der Waals surface area contributed by atoms with E-state index in [1.54, 1.807) is 12.0 Å². The number of anilines is 2. The van der Waals surface area contributed by atoms with E-state index >= 15 is 0 Å². The van der Waals surface area contributed by atoms with Gasteiger partial charge < -0.3 is 19.9 Å². The average molecular weight is 505 g/mol. The number of alkyl halides is 3. The Hall–Kier alpha value is -3.41. The van der Waals surface area contributed by atoms with E-state index in [4.69, 9.17) is 4.74 Å². The Morgan fingerprint density at radius 2 is 2.14 bits per heavy atom. The Bertz CT molecular complexity index is 1320. The molecule has 0 saturated carbocycles. The predicted molar refractivity (Wildman–Crippen MR) is 128 cm³/mol. The van der Waals surface area contributed by atoms with Crippen LogP contribution in [0.2, 0.25) is 0 Å². The number of urea groups is 1. The van der Waals surface area contributed by atoms with Gasteiger partial charge in [0, 0.05) is 31.2 Å². The highest BCUT2D eigenvalue weighted by atomic mass is 32.1. The largest absolute Gasteiger partial charge is 0.495 e. The molecule has 4 heterocycles. The maximum Gasteiger partial charge on any atom is 0.390 e. The number of hydrogen-bond acceptors (Lipinski definition) is 7. The standard InChI is InChI=1S/C23H23F3N6O2S/c1-31(6-4-23(24,25)26)22(33)32-5-3-15-18(11-32)35-21-19(15)20(28-12-29-21)30-16-7-13-9-27-10-14(13)8-17(16)34-2/h7-9,12H,3-6,10-11H2,1-2H3,(H,28,29,30). The van der Waals surface area contributed by atoms with Gasteiger partial charge in [-0.2, -0.15) is 13.2 Å². The molecule has 0 saturated heterocycles. The van der Waals surface area contributed by atoms with Crippen LogP contribution in [0, 0.1) is 0 Å². The van der Waals surface area contributed by atoms with E-state index in [0.29, 0.717) is 37.6 Å². The Balaban J connectivity index is 1.40. The molecule has 0 unspecified atom stereocenters. The number of aliphatic imine (C=N–C) groups is 1. The van der Waals surface area contributed by atoms with Crippen molar-refractivity contribution in [1.29, 1.82) is 0 Å². The van der Waals surface area contributed by atoms with Gasteiger partial charge in [0.2, 0.25) is 0 Å². The molecule has 1 aromatic carbocycles. The molecule has 2 amide bonds. The van der Waals surface area contributed by atoms with E-state index in [-0.39, 0.29) is 6.54 Å². The van der Waals surface area contributed by atoms with Crippen molar-refractivity contribution in [3.05, 3.63) is 40.0 Å². The number of amides is 2. The maximum atomic E-state index is 12.7. The first-order valence-electron chi connectivity index (χ1n) is 11.0. The lowest BCUT2D eigenvalue weighted by molar-refractivity contribution is -0.136. The number of hydrogen-bond donors (Lipinski definition) is 1. The maximum absolute atomic E-state index is 12.7. The molecule has 35 heavy (non-hydrogen) atoms. The number of carbonyl (C=O) groups excluding carboxylic acids is 1. The second kappa shape index (κ2) is 8.99. The molecule has 0 aliphatic carbocycles. The first-order chi connectivity index (χ1) is 16.7. The smallest absolute Gasteiger partial charge is 0.390 e. The van der Waals surface area contributed by atoms with Gasteiger partial charge in [-0.15, -0.1) is 11.3 Å². The Kier molecular flexibility index (Phi) is 5.99. The van der Waals surface area contributed by atoms with Gasteiger partial charge in [0.1, 0.15) is 22.7 Å². The van der Waals surface area contributed by atoms with Crippen molar-refractivity contribution >= 4 is 45.3 Å². The summed E-state index contributed by atoms with van der Waals surface area (Å²) in [6.45, 7) is 0.984. The molecule has 1 N–H and O–H groups in total. The third-order valence-corrected chi connectivity index (χ3v) is 7.30. The van der Waals surface area contributed by atoms with Crippen molar-refractivity contribution in [2.75, 3.05) is 32.6 Å². The minimum Gasteiger partial charge on any atom is -0.495 e. The zero-order chi connectivity index (χ0) is 24.7. The van der Waals surface area contributed by atoms with E-state index in [0.717, 1.165) is 42.4 Å². The van der Waals surface area contributed by atoms with E-state index in [9.17, 15) is 18.0 Å². The number of rotatable bonds is 5. The van der Waals surface area contributed by atoms with Crippen LogP contribution >= 0.6 is 11.3 Å². The minimum absolute atomic E-state index is 0.323. The summed E-state index contributed by atoms with van der Waals surface area (Å²) in [7, 11) is 3.01. The van der Waals surface area contributed by atoms with Crippen LogP contribution < -0.4 is 10.1 Å². The monoisotopic (exact) mass is 504 g/mol. The molecule has 0 bridgehead atoms. The normalized spacial score (nSPS) is 14.7. The zero-order valence-corrected chi connectivity index (χ0v) is 20.0. The summed E-state index contributed by atoms with van der Waals surface area (Å²) in [4.78, 5) is 30.4. The number of aromatic nitrogens is 2. The van der Waals surface area contributed by atoms with Crippen molar-refractivity contribution in [2.24, 2.45) is 4.99 Å². The fourth-order valence-corrected chi connectivity index (χ4v) is 5.55. The van der Waals surface area contributed by atoms with Crippen LogP contribution in [0.15, 0.2) is 23.5 Å². The highest BCUT2D eigenvalue weighted by Crippen LogP contribution is 2.40. The molecule has 0 fully saturated rings. The van der Waals surface area contributed by atoms with Crippen LogP contribution in [0.5, 0.6) is 5.75 Å². The van der Waals surface area contributed by atoms with Crippen molar-refractivity contribution in [3.8, 4) is 5.75 Å². The Morgan fingerprint density at radius 1 is 1.31 bits per heavy atom. The first-order valence-corrected chi connectivity index (χ1v) is 11.8. The highest BCUT2D eigenvalue weighted by molar-refractivity contribution is 7.19. The summed E-state index contributed by atoms with van der Waals surface area (Å²) in [5, 5.41) is 4.28. The fraction of sp³-hybridized carbons (Fsp3) is 0.391. The van der Waals surface area contributed by atoms with Crippen molar-refractivity contribution < 1.29 is 22.7 Å². The second-order valence-corrected chi connectivity index (χ2v) is 9.58. The van der Waals surface area contributed by atoms with E-state index < -0.39 is 18.6 Å². The lowest BCUT2D eigenvalue weighted by Crippen LogP contribution is -2.44. The van der Waals surface area contributed by atoms with Crippen LogP contribution in [0.3, 0.4) is 0 Å². The molecule has 5 rings (SSSR count). The van der Waals surface area contributed by atoms with E-state index in [1.165, 1.54) is 24.7 Å². The van der Waals surface area contributed by atoms with Crippen molar-refractivity contribution in [1.82, 2.24) is 19.8 Å². The van der Waals surface area contributed by atoms with Gasteiger partial charge in [-0.3, -0.25) is 4.99 Å². The van der Waals surface area contributed by atoms with Gasteiger partial charge in [-0.1, -0.05) is 0 Å². The van der Waals surface area contributed by atoms with Gasteiger partial charge in [0.15, 0.2) is 0 Å². The summed E-state index contributed by atoms with van der Waals surface area (Å²) < 4.78 is 43.3. The van der Waals surface area contributed by atoms with Gasteiger partial charge in [-0.25, -0.2) is 14.8 Å². The lowest BCUT2D eigenvalue weighted by Gasteiger charge is -2.31. The molecule has 2 aliphatic heterocycles. The number of halogens is 3. The van der Waals surface area contributed by atoms with Crippen LogP contribution in [0.25, 0.3) is 10.2 Å². The number of benzene rings is 1. The average Bonchev–Trinajstić information content (AvgIpc) is 3.44. The molecule has 2 aliphatic rings.